The second kappa shape index (κ2) is 10.7. The molecule has 0 saturated heterocycles. The maximum absolute atomic E-state index is 4.24. The summed E-state index contributed by atoms with van der Waals surface area (Å²) in [6.07, 6.45) is 3.72. The summed E-state index contributed by atoms with van der Waals surface area (Å²) in [5.74, 6) is 4.79. The number of thiazole rings is 2. The van der Waals surface area contributed by atoms with Gasteiger partial charge in [-0.3, -0.25) is 0 Å². The van der Waals surface area contributed by atoms with Gasteiger partial charge >= 0.3 is 0 Å². The van der Waals surface area contributed by atoms with Gasteiger partial charge in [-0.1, -0.05) is 21.6 Å². The lowest BCUT2D eigenvalue weighted by Crippen LogP contribution is -1.87. The zero-order chi connectivity index (χ0) is 13.2. The summed E-state index contributed by atoms with van der Waals surface area (Å²) in [6, 6.07) is 0. The van der Waals surface area contributed by atoms with Crippen molar-refractivity contribution in [2.24, 2.45) is 0 Å². The predicted molar refractivity (Wildman–Crippen MR) is 98.2 cm³/mol. The van der Waals surface area contributed by atoms with Crippen LogP contribution in [0.3, 0.4) is 0 Å². The Morgan fingerprint density at radius 3 is 1.74 bits per heavy atom. The Balaban J connectivity index is 1.36. The Morgan fingerprint density at radius 2 is 1.32 bits per heavy atom. The molecule has 0 unspecified atom stereocenters. The monoisotopic (exact) mass is 384 g/mol. The van der Waals surface area contributed by atoms with Crippen molar-refractivity contribution in [1.82, 2.24) is 9.97 Å². The van der Waals surface area contributed by atoms with Crippen molar-refractivity contribution in [3.8, 4) is 0 Å². The minimum atomic E-state index is 1.16. The van der Waals surface area contributed by atoms with E-state index in [0.29, 0.717) is 0 Å². The Morgan fingerprint density at radius 1 is 0.789 bits per heavy atom. The van der Waals surface area contributed by atoms with E-state index in [9.17, 15) is 0 Å². The number of thioether (sulfide) groups is 1. The van der Waals surface area contributed by atoms with Crippen molar-refractivity contribution in [1.29, 1.82) is 0 Å². The lowest BCUT2D eigenvalue weighted by molar-refractivity contribution is 1.26. The van der Waals surface area contributed by atoms with E-state index in [2.05, 4.69) is 9.97 Å². The van der Waals surface area contributed by atoms with Crippen LogP contribution in [0.15, 0.2) is 31.8 Å². The van der Waals surface area contributed by atoms with Crippen LogP contribution in [0.25, 0.3) is 0 Å². The zero-order valence-electron chi connectivity index (χ0n) is 9.89. The molecule has 0 radical (unpaired) electrons. The molecule has 2 rings (SSSR count). The standard InChI is InChI=1S/C10H12N2S7/c1-3-14-9(11-1)18-16-7-5-13-6-8-17-19-10-12-2-4-15-10/h1-4H,5-8H2. The second-order valence-corrected chi connectivity index (χ2v) is 11.4. The average molecular weight is 385 g/mol. The Labute approximate surface area is 141 Å². The minimum absolute atomic E-state index is 1.16. The fourth-order valence-corrected chi connectivity index (χ4v) is 8.77. The predicted octanol–water partition coefficient (Wildman–Crippen LogP) is 5.51. The summed E-state index contributed by atoms with van der Waals surface area (Å²) >= 11 is 5.44. The first kappa shape index (κ1) is 16.4. The first-order valence-electron chi connectivity index (χ1n) is 5.41. The van der Waals surface area contributed by atoms with Gasteiger partial charge in [-0.2, -0.15) is 11.8 Å². The van der Waals surface area contributed by atoms with Crippen molar-refractivity contribution in [2.75, 3.05) is 23.0 Å². The molecule has 0 amide bonds. The second-order valence-electron chi connectivity index (χ2n) is 3.02. The van der Waals surface area contributed by atoms with Crippen LogP contribution < -0.4 is 0 Å². The summed E-state index contributed by atoms with van der Waals surface area (Å²) in [7, 11) is 7.37. The molecule has 9 heteroatoms. The van der Waals surface area contributed by atoms with Crippen molar-refractivity contribution in [2.45, 2.75) is 8.68 Å². The molecular formula is C10H12N2S7. The van der Waals surface area contributed by atoms with E-state index in [4.69, 9.17) is 0 Å². The number of rotatable bonds is 10. The summed E-state index contributed by atoms with van der Waals surface area (Å²) < 4.78 is 2.32. The van der Waals surface area contributed by atoms with E-state index in [1.807, 2.05) is 56.5 Å². The van der Waals surface area contributed by atoms with Crippen LogP contribution in [0.5, 0.6) is 0 Å². The summed E-state index contributed by atoms with van der Waals surface area (Å²) in [5, 5.41) is 4.05. The number of hydrogen-bond donors (Lipinski definition) is 0. The number of nitrogens with zero attached hydrogens (tertiary/aromatic N) is 2. The van der Waals surface area contributed by atoms with Crippen LogP contribution >= 0.6 is 77.6 Å². The molecule has 0 bridgehead atoms. The van der Waals surface area contributed by atoms with E-state index < -0.39 is 0 Å². The van der Waals surface area contributed by atoms with Gasteiger partial charge in [-0.15, -0.1) is 22.7 Å². The maximum atomic E-state index is 4.24. The summed E-state index contributed by atoms with van der Waals surface area (Å²) in [4.78, 5) is 8.48. The molecule has 2 heterocycles. The molecule has 2 aromatic heterocycles. The molecule has 0 saturated carbocycles. The fraction of sp³-hybridized carbons (Fsp3) is 0.400. The summed E-state index contributed by atoms with van der Waals surface area (Å²) in [6.45, 7) is 0. The largest absolute Gasteiger partial charge is 0.237 e. The van der Waals surface area contributed by atoms with E-state index >= 15 is 0 Å². The third kappa shape index (κ3) is 7.54. The number of hydrogen-bond acceptors (Lipinski definition) is 9. The zero-order valence-corrected chi connectivity index (χ0v) is 15.6. The lowest BCUT2D eigenvalue weighted by atomic mass is 10.9. The molecule has 0 N–H and O–H groups in total. The quantitative estimate of drug-likeness (QED) is 0.393. The van der Waals surface area contributed by atoms with E-state index in [0.717, 1.165) is 8.68 Å². The van der Waals surface area contributed by atoms with Gasteiger partial charge in [0.05, 0.1) is 0 Å². The molecular weight excluding hydrogens is 373 g/mol. The normalized spacial score (nSPS) is 10.9. The molecule has 104 valence electrons. The van der Waals surface area contributed by atoms with Gasteiger partial charge in [0.2, 0.25) is 0 Å². The van der Waals surface area contributed by atoms with Crippen molar-refractivity contribution >= 4 is 77.6 Å². The topological polar surface area (TPSA) is 25.8 Å². The molecule has 0 aliphatic rings. The van der Waals surface area contributed by atoms with Gasteiger partial charge in [-0.05, 0) is 21.6 Å². The van der Waals surface area contributed by atoms with E-state index in [1.165, 1.54) is 23.0 Å². The first-order chi connectivity index (χ1) is 9.45. The first-order valence-corrected chi connectivity index (χ1v) is 13.0. The van der Waals surface area contributed by atoms with Gasteiger partial charge in [0.25, 0.3) is 0 Å². The van der Waals surface area contributed by atoms with E-state index in [-0.39, 0.29) is 0 Å². The SMILES string of the molecule is c1csc(SSCCSCCSSc2nccs2)n1. The van der Waals surface area contributed by atoms with Crippen LogP contribution in [0.2, 0.25) is 0 Å². The van der Waals surface area contributed by atoms with Gasteiger partial charge in [0.15, 0.2) is 8.68 Å². The Hall–Kier alpha value is 1.01. The maximum Gasteiger partial charge on any atom is 0.160 e. The van der Waals surface area contributed by atoms with Crippen LogP contribution in [0.4, 0.5) is 0 Å². The molecule has 19 heavy (non-hydrogen) atoms. The van der Waals surface area contributed by atoms with Crippen LogP contribution in [0, 0.1) is 0 Å². The molecule has 0 atom stereocenters. The van der Waals surface area contributed by atoms with Gasteiger partial charge in [-0.25, -0.2) is 9.97 Å². The third-order valence-electron chi connectivity index (χ3n) is 1.70. The molecule has 0 aromatic carbocycles. The average Bonchev–Trinajstić information content (AvgIpc) is 3.10. The summed E-state index contributed by atoms with van der Waals surface area (Å²) in [5.41, 5.74) is 0. The molecule has 0 spiro atoms. The Bertz CT molecular complexity index is 377. The fourth-order valence-electron chi connectivity index (χ4n) is 0.975. The van der Waals surface area contributed by atoms with Crippen molar-refractivity contribution < 1.29 is 0 Å². The van der Waals surface area contributed by atoms with Gasteiger partial charge in [0.1, 0.15) is 0 Å². The number of aromatic nitrogens is 2. The Kier molecular flexibility index (Phi) is 9.22. The van der Waals surface area contributed by atoms with E-state index in [1.54, 1.807) is 44.3 Å². The van der Waals surface area contributed by atoms with Crippen LogP contribution in [0.1, 0.15) is 0 Å². The smallest absolute Gasteiger partial charge is 0.160 e. The highest BCUT2D eigenvalue weighted by Crippen LogP contribution is 2.34. The van der Waals surface area contributed by atoms with Crippen LogP contribution in [-0.4, -0.2) is 33.0 Å². The molecule has 2 aromatic rings. The van der Waals surface area contributed by atoms with Crippen molar-refractivity contribution in [3.63, 3.8) is 0 Å². The minimum Gasteiger partial charge on any atom is -0.237 e. The molecule has 0 aliphatic carbocycles. The van der Waals surface area contributed by atoms with Crippen molar-refractivity contribution in [3.05, 3.63) is 23.2 Å². The highest BCUT2D eigenvalue weighted by Gasteiger charge is 1.99. The molecule has 2 nitrogen and oxygen atoms in total. The highest BCUT2D eigenvalue weighted by atomic mass is 33.1. The third-order valence-corrected chi connectivity index (χ3v) is 10.2. The molecule has 0 aliphatic heterocycles. The van der Waals surface area contributed by atoms with Crippen LogP contribution in [-0.2, 0) is 0 Å². The highest BCUT2D eigenvalue weighted by molar-refractivity contribution is 8.77. The molecule has 0 fully saturated rings. The van der Waals surface area contributed by atoms with Gasteiger partial charge < -0.3 is 0 Å². The lowest BCUT2D eigenvalue weighted by Gasteiger charge is -2.00. The van der Waals surface area contributed by atoms with Gasteiger partial charge in [0, 0.05) is 46.2 Å².